The quantitative estimate of drug-likeness (QED) is 0.644. The Balaban J connectivity index is 1.68. The smallest absolute Gasteiger partial charge is 0.335 e. The molecule has 102 valence electrons. The van der Waals surface area contributed by atoms with Crippen molar-refractivity contribution >= 4 is 11.9 Å². The predicted molar refractivity (Wildman–Crippen MR) is 70.9 cm³/mol. The van der Waals surface area contributed by atoms with Gasteiger partial charge in [0, 0.05) is 25.6 Å². The van der Waals surface area contributed by atoms with Gasteiger partial charge in [-0.2, -0.15) is 0 Å². The van der Waals surface area contributed by atoms with Crippen LogP contribution in [-0.4, -0.2) is 29.6 Å². The van der Waals surface area contributed by atoms with E-state index < -0.39 is 5.97 Å². The number of amides is 1. The number of benzene rings is 1. The number of rotatable bonds is 7. The van der Waals surface area contributed by atoms with Crippen LogP contribution in [0.15, 0.2) is 24.3 Å². The maximum Gasteiger partial charge on any atom is 0.335 e. The zero-order valence-electron chi connectivity index (χ0n) is 10.7. The zero-order valence-corrected chi connectivity index (χ0v) is 10.7. The molecule has 0 saturated heterocycles. The lowest BCUT2D eigenvalue weighted by atomic mass is 10.1. The Labute approximate surface area is 112 Å². The zero-order chi connectivity index (χ0) is 13.7. The van der Waals surface area contributed by atoms with Crippen molar-refractivity contribution in [1.82, 2.24) is 10.6 Å². The summed E-state index contributed by atoms with van der Waals surface area (Å²) in [5.41, 5.74) is 1.19. The Morgan fingerprint density at radius 1 is 1.32 bits per heavy atom. The number of aromatic carboxylic acids is 1. The molecule has 3 N–H and O–H groups in total. The molecular weight excluding hydrogens is 244 g/mol. The Hall–Kier alpha value is -1.88. The first-order valence-electron chi connectivity index (χ1n) is 6.47. The highest BCUT2D eigenvalue weighted by atomic mass is 16.4. The van der Waals surface area contributed by atoms with Crippen LogP contribution in [0.2, 0.25) is 0 Å². The van der Waals surface area contributed by atoms with Gasteiger partial charge in [0.2, 0.25) is 5.91 Å². The molecule has 5 heteroatoms. The lowest BCUT2D eigenvalue weighted by Crippen LogP contribution is -2.29. The van der Waals surface area contributed by atoms with Crippen molar-refractivity contribution in [2.75, 3.05) is 6.54 Å². The van der Waals surface area contributed by atoms with Gasteiger partial charge in [-0.25, -0.2) is 4.79 Å². The Morgan fingerprint density at radius 3 is 2.79 bits per heavy atom. The normalized spacial score (nSPS) is 14.1. The number of nitrogens with one attached hydrogen (secondary N) is 2. The van der Waals surface area contributed by atoms with E-state index in [9.17, 15) is 9.59 Å². The highest BCUT2D eigenvalue weighted by molar-refractivity contribution is 5.87. The molecule has 0 spiro atoms. The SMILES string of the molecule is O=C(CCNCc1cccc(C(=O)O)c1)NC1CC1. The summed E-state index contributed by atoms with van der Waals surface area (Å²) < 4.78 is 0. The summed E-state index contributed by atoms with van der Waals surface area (Å²) in [5, 5.41) is 14.9. The van der Waals surface area contributed by atoms with Gasteiger partial charge < -0.3 is 15.7 Å². The number of carbonyl (C=O) groups excluding carboxylic acids is 1. The van der Waals surface area contributed by atoms with Crippen LogP contribution in [0, 0.1) is 0 Å². The van der Waals surface area contributed by atoms with Crippen molar-refractivity contribution in [3.05, 3.63) is 35.4 Å². The van der Waals surface area contributed by atoms with Gasteiger partial charge in [0.15, 0.2) is 0 Å². The first-order chi connectivity index (χ1) is 9.15. The maximum atomic E-state index is 11.4. The molecular formula is C14H18N2O3. The number of hydrogen-bond acceptors (Lipinski definition) is 3. The molecule has 0 unspecified atom stereocenters. The van der Waals surface area contributed by atoms with Gasteiger partial charge in [-0.3, -0.25) is 4.79 Å². The van der Waals surface area contributed by atoms with E-state index in [0.29, 0.717) is 25.6 Å². The summed E-state index contributed by atoms with van der Waals surface area (Å²) >= 11 is 0. The molecule has 1 saturated carbocycles. The van der Waals surface area contributed by atoms with Crippen molar-refractivity contribution in [3.8, 4) is 0 Å². The maximum absolute atomic E-state index is 11.4. The van der Waals surface area contributed by atoms with Crippen LogP contribution in [-0.2, 0) is 11.3 Å². The molecule has 0 bridgehead atoms. The van der Waals surface area contributed by atoms with E-state index in [2.05, 4.69) is 10.6 Å². The summed E-state index contributed by atoms with van der Waals surface area (Å²) in [5.74, 6) is -0.847. The monoisotopic (exact) mass is 262 g/mol. The third kappa shape index (κ3) is 4.71. The van der Waals surface area contributed by atoms with Gasteiger partial charge in [-0.15, -0.1) is 0 Å². The molecule has 5 nitrogen and oxygen atoms in total. The minimum Gasteiger partial charge on any atom is -0.478 e. The second-order valence-corrected chi connectivity index (χ2v) is 4.77. The van der Waals surface area contributed by atoms with Crippen LogP contribution in [0.5, 0.6) is 0 Å². The molecule has 0 aliphatic heterocycles. The fourth-order valence-electron chi connectivity index (χ4n) is 1.78. The van der Waals surface area contributed by atoms with E-state index in [-0.39, 0.29) is 11.5 Å². The highest BCUT2D eigenvalue weighted by Gasteiger charge is 2.22. The lowest BCUT2D eigenvalue weighted by Gasteiger charge is -2.06. The fraction of sp³-hybridized carbons (Fsp3) is 0.429. The van der Waals surface area contributed by atoms with Gasteiger partial charge in [0.05, 0.1) is 5.56 Å². The standard InChI is InChI=1S/C14H18N2O3/c17-13(16-12-4-5-12)6-7-15-9-10-2-1-3-11(8-10)14(18)19/h1-3,8,12,15H,4-7,9H2,(H,16,17)(H,18,19). The minimum atomic E-state index is -0.925. The van der Waals surface area contributed by atoms with E-state index >= 15 is 0 Å². The van der Waals surface area contributed by atoms with E-state index in [1.165, 1.54) is 0 Å². The molecule has 2 rings (SSSR count). The van der Waals surface area contributed by atoms with Crippen molar-refractivity contribution in [1.29, 1.82) is 0 Å². The number of carboxylic acids is 1. The Bertz CT molecular complexity index is 470. The van der Waals surface area contributed by atoms with Gasteiger partial charge in [-0.1, -0.05) is 12.1 Å². The van der Waals surface area contributed by atoms with Crippen molar-refractivity contribution < 1.29 is 14.7 Å². The van der Waals surface area contributed by atoms with E-state index in [1.807, 2.05) is 6.07 Å². The molecule has 1 fully saturated rings. The average Bonchev–Trinajstić information content (AvgIpc) is 3.19. The molecule has 1 aromatic rings. The number of carbonyl (C=O) groups is 2. The summed E-state index contributed by atoms with van der Waals surface area (Å²) in [6.07, 6.45) is 2.65. The molecule has 1 aliphatic rings. The summed E-state index contributed by atoms with van der Waals surface area (Å²) in [4.78, 5) is 22.2. The topological polar surface area (TPSA) is 78.4 Å². The van der Waals surface area contributed by atoms with Gasteiger partial charge in [0.25, 0.3) is 0 Å². The Kier molecular flexibility index (Phi) is 4.52. The van der Waals surface area contributed by atoms with Gasteiger partial charge in [0.1, 0.15) is 0 Å². The van der Waals surface area contributed by atoms with Crippen molar-refractivity contribution in [3.63, 3.8) is 0 Å². The summed E-state index contributed by atoms with van der Waals surface area (Å²) in [6, 6.07) is 7.19. The van der Waals surface area contributed by atoms with Gasteiger partial charge in [-0.05, 0) is 30.5 Å². The summed E-state index contributed by atoms with van der Waals surface area (Å²) in [6.45, 7) is 1.16. The highest BCUT2D eigenvalue weighted by Crippen LogP contribution is 2.18. The molecule has 0 radical (unpaired) electrons. The van der Waals surface area contributed by atoms with Crippen LogP contribution in [0.4, 0.5) is 0 Å². The van der Waals surface area contributed by atoms with Crippen LogP contribution in [0.25, 0.3) is 0 Å². The molecule has 0 aromatic heterocycles. The van der Waals surface area contributed by atoms with Crippen LogP contribution in [0.1, 0.15) is 35.2 Å². The van der Waals surface area contributed by atoms with Crippen molar-refractivity contribution in [2.24, 2.45) is 0 Å². The third-order valence-corrected chi connectivity index (χ3v) is 2.97. The van der Waals surface area contributed by atoms with Crippen LogP contribution >= 0.6 is 0 Å². The summed E-state index contributed by atoms with van der Waals surface area (Å²) in [7, 11) is 0. The molecule has 0 heterocycles. The predicted octanol–water partition coefficient (Wildman–Crippen LogP) is 1.14. The lowest BCUT2D eigenvalue weighted by molar-refractivity contribution is -0.121. The van der Waals surface area contributed by atoms with E-state index in [4.69, 9.17) is 5.11 Å². The Morgan fingerprint density at radius 2 is 2.11 bits per heavy atom. The average molecular weight is 262 g/mol. The van der Waals surface area contributed by atoms with Crippen LogP contribution in [0.3, 0.4) is 0 Å². The largest absolute Gasteiger partial charge is 0.478 e. The number of hydrogen-bond donors (Lipinski definition) is 3. The molecule has 19 heavy (non-hydrogen) atoms. The molecule has 1 amide bonds. The van der Waals surface area contributed by atoms with Gasteiger partial charge >= 0.3 is 5.97 Å². The van der Waals surface area contributed by atoms with E-state index in [0.717, 1.165) is 18.4 Å². The first kappa shape index (κ1) is 13.5. The fourth-order valence-corrected chi connectivity index (χ4v) is 1.78. The molecule has 0 atom stereocenters. The molecule has 1 aromatic carbocycles. The first-order valence-corrected chi connectivity index (χ1v) is 6.47. The second-order valence-electron chi connectivity index (χ2n) is 4.77. The minimum absolute atomic E-state index is 0.0780. The molecule has 1 aliphatic carbocycles. The second kappa shape index (κ2) is 6.33. The third-order valence-electron chi connectivity index (χ3n) is 2.97. The number of carboxylic acid groups (broad SMARTS) is 1. The van der Waals surface area contributed by atoms with Crippen molar-refractivity contribution in [2.45, 2.75) is 31.8 Å². The van der Waals surface area contributed by atoms with E-state index in [1.54, 1.807) is 18.2 Å². The van der Waals surface area contributed by atoms with Crippen LogP contribution < -0.4 is 10.6 Å².